The Kier molecular flexibility index (Phi) is 9.36. The second-order valence-corrected chi connectivity index (χ2v) is 5.99. The Balaban J connectivity index is 0.00000338. The van der Waals surface area contributed by atoms with E-state index in [1.54, 1.807) is 12.1 Å². The summed E-state index contributed by atoms with van der Waals surface area (Å²) in [5.41, 5.74) is -0.866. The molecule has 0 aliphatic rings. The van der Waals surface area contributed by atoms with Crippen molar-refractivity contribution < 1.29 is 22.7 Å². The van der Waals surface area contributed by atoms with Gasteiger partial charge in [-0.15, -0.1) is 35.3 Å². The lowest BCUT2D eigenvalue weighted by molar-refractivity contribution is -0.140. The van der Waals surface area contributed by atoms with E-state index < -0.39 is 18.0 Å². The van der Waals surface area contributed by atoms with Crippen LogP contribution in [-0.4, -0.2) is 35.7 Å². The van der Waals surface area contributed by atoms with E-state index >= 15 is 0 Å². The first-order valence-electron chi connectivity index (χ1n) is 7.65. The molecule has 3 N–H and O–H groups in total. The average Bonchev–Trinajstić information content (AvgIpc) is 3.23. The van der Waals surface area contributed by atoms with Gasteiger partial charge in [0.15, 0.2) is 11.7 Å². The number of aliphatic imine (C=N–C) groups is 1. The minimum absolute atomic E-state index is 0. The zero-order valence-corrected chi connectivity index (χ0v) is 17.1. The van der Waals surface area contributed by atoms with E-state index in [-0.39, 0.29) is 30.5 Å². The number of nitrogens with zero attached hydrogens (tertiary/aromatic N) is 2. The number of aromatic nitrogens is 1. The summed E-state index contributed by atoms with van der Waals surface area (Å²) in [5.74, 6) is 0.878. The number of hydrogen-bond acceptors (Lipinski definition) is 5. The second kappa shape index (κ2) is 10.7. The topological polar surface area (TPSA) is 82.7 Å². The van der Waals surface area contributed by atoms with Crippen molar-refractivity contribution in [2.45, 2.75) is 25.6 Å². The van der Waals surface area contributed by atoms with Crippen LogP contribution in [0.25, 0.3) is 0 Å². The van der Waals surface area contributed by atoms with Gasteiger partial charge >= 0.3 is 6.18 Å². The van der Waals surface area contributed by atoms with E-state index in [1.165, 1.54) is 6.26 Å². The molecule has 26 heavy (non-hydrogen) atoms. The van der Waals surface area contributed by atoms with Crippen LogP contribution in [0, 0.1) is 0 Å². The van der Waals surface area contributed by atoms with Gasteiger partial charge in [0.25, 0.3) is 0 Å². The molecule has 2 heterocycles. The molecule has 0 spiro atoms. The van der Waals surface area contributed by atoms with Crippen LogP contribution < -0.4 is 10.6 Å². The van der Waals surface area contributed by atoms with Crippen LogP contribution in [0.2, 0.25) is 0 Å². The van der Waals surface area contributed by atoms with Crippen molar-refractivity contribution in [3.8, 4) is 0 Å². The number of furan rings is 1. The molecule has 2 aromatic rings. The molecule has 0 aromatic carbocycles. The molecule has 0 radical (unpaired) electrons. The van der Waals surface area contributed by atoms with Crippen molar-refractivity contribution in [2.24, 2.45) is 4.99 Å². The van der Waals surface area contributed by atoms with E-state index in [0.29, 0.717) is 36.2 Å². The van der Waals surface area contributed by atoms with E-state index in [1.807, 2.05) is 6.92 Å². The number of hydrogen-bond donors (Lipinski definition) is 3. The standard InChI is InChI=1S/C15H19F3N4O2S.HI/c1-2-19-14(21-8-10(23)11-4-3-7-24-11)20-6-5-13-22-12(9-25-13)15(16,17)18;/h3-4,7,9-10,23H,2,5-6,8H2,1H3,(H2,19,20,21);1H. The molecule has 2 rings (SSSR count). The number of aliphatic hydroxyl groups is 1. The molecule has 0 saturated carbocycles. The lowest BCUT2D eigenvalue weighted by atomic mass is 10.3. The van der Waals surface area contributed by atoms with Gasteiger partial charge in [0.2, 0.25) is 0 Å². The molecule has 0 aliphatic heterocycles. The summed E-state index contributed by atoms with van der Waals surface area (Å²) < 4.78 is 42.6. The van der Waals surface area contributed by atoms with Crippen LogP contribution in [0.1, 0.15) is 29.5 Å². The van der Waals surface area contributed by atoms with Crippen LogP contribution in [-0.2, 0) is 12.6 Å². The lowest BCUT2D eigenvalue weighted by Gasteiger charge is -2.12. The first kappa shape index (κ1) is 22.7. The van der Waals surface area contributed by atoms with E-state index in [9.17, 15) is 18.3 Å². The number of alkyl halides is 3. The number of guanidine groups is 1. The van der Waals surface area contributed by atoms with Crippen molar-refractivity contribution in [3.63, 3.8) is 0 Å². The fraction of sp³-hybridized carbons (Fsp3) is 0.467. The molecule has 0 fully saturated rings. The maximum Gasteiger partial charge on any atom is 0.434 e. The predicted octanol–water partition coefficient (Wildman–Crippen LogP) is 3.20. The highest BCUT2D eigenvalue weighted by atomic mass is 127. The summed E-state index contributed by atoms with van der Waals surface area (Å²) in [7, 11) is 0. The van der Waals surface area contributed by atoms with E-state index in [2.05, 4.69) is 20.6 Å². The van der Waals surface area contributed by atoms with Gasteiger partial charge in [0.05, 0.1) is 17.8 Å². The Hall–Kier alpha value is -1.34. The van der Waals surface area contributed by atoms with Crippen LogP contribution in [0.3, 0.4) is 0 Å². The van der Waals surface area contributed by atoms with Crippen molar-refractivity contribution in [1.29, 1.82) is 0 Å². The highest BCUT2D eigenvalue weighted by Gasteiger charge is 2.33. The first-order valence-corrected chi connectivity index (χ1v) is 8.53. The average molecular weight is 504 g/mol. The third-order valence-electron chi connectivity index (χ3n) is 3.11. The number of aliphatic hydroxyl groups excluding tert-OH is 1. The molecule has 11 heteroatoms. The largest absolute Gasteiger partial charge is 0.467 e. The van der Waals surface area contributed by atoms with Gasteiger partial charge in [-0.05, 0) is 19.1 Å². The monoisotopic (exact) mass is 504 g/mol. The van der Waals surface area contributed by atoms with Crippen molar-refractivity contribution in [1.82, 2.24) is 15.6 Å². The zero-order chi connectivity index (χ0) is 18.3. The number of halogens is 4. The quantitative estimate of drug-likeness (QED) is 0.307. The van der Waals surface area contributed by atoms with Crippen molar-refractivity contribution in [2.75, 3.05) is 19.6 Å². The minimum atomic E-state index is -4.42. The Labute approximate surface area is 169 Å². The van der Waals surface area contributed by atoms with E-state index in [0.717, 1.165) is 16.7 Å². The van der Waals surface area contributed by atoms with Crippen LogP contribution in [0.4, 0.5) is 13.2 Å². The first-order chi connectivity index (χ1) is 11.9. The molecule has 146 valence electrons. The second-order valence-electron chi connectivity index (χ2n) is 5.05. The molecule has 0 aliphatic carbocycles. The third-order valence-corrected chi connectivity index (χ3v) is 4.02. The van der Waals surface area contributed by atoms with Gasteiger partial charge in [-0.25, -0.2) is 4.98 Å². The van der Waals surface area contributed by atoms with Crippen molar-refractivity contribution in [3.05, 3.63) is 40.2 Å². The third kappa shape index (κ3) is 7.11. The number of nitrogens with one attached hydrogen (secondary N) is 2. The summed E-state index contributed by atoms with van der Waals surface area (Å²) in [6, 6.07) is 3.33. The molecule has 6 nitrogen and oxygen atoms in total. The Morgan fingerprint density at radius 1 is 1.42 bits per heavy atom. The smallest absolute Gasteiger partial charge is 0.434 e. The molecule has 1 unspecified atom stereocenters. The molecular weight excluding hydrogens is 484 g/mol. The molecule has 0 bridgehead atoms. The van der Waals surface area contributed by atoms with Crippen LogP contribution >= 0.6 is 35.3 Å². The predicted molar refractivity (Wildman–Crippen MR) is 104 cm³/mol. The summed E-state index contributed by atoms with van der Waals surface area (Å²) in [5, 5.41) is 17.3. The summed E-state index contributed by atoms with van der Waals surface area (Å²) in [6.45, 7) is 2.96. The van der Waals surface area contributed by atoms with Crippen LogP contribution in [0.5, 0.6) is 0 Å². The Bertz CT molecular complexity index is 677. The zero-order valence-electron chi connectivity index (χ0n) is 13.9. The normalized spacial score (nSPS) is 13.2. The summed E-state index contributed by atoms with van der Waals surface area (Å²) in [4.78, 5) is 7.81. The maximum absolute atomic E-state index is 12.5. The summed E-state index contributed by atoms with van der Waals surface area (Å²) in [6.07, 6.45) is -3.47. The highest BCUT2D eigenvalue weighted by molar-refractivity contribution is 14.0. The van der Waals surface area contributed by atoms with Gasteiger partial charge in [-0.3, -0.25) is 4.99 Å². The Morgan fingerprint density at radius 3 is 2.77 bits per heavy atom. The fourth-order valence-electron chi connectivity index (χ4n) is 1.93. The molecule has 2 aromatic heterocycles. The number of rotatable bonds is 7. The molecule has 0 saturated heterocycles. The van der Waals surface area contributed by atoms with Gasteiger partial charge in [0.1, 0.15) is 11.9 Å². The van der Waals surface area contributed by atoms with Crippen LogP contribution in [0.15, 0.2) is 33.2 Å². The fourth-order valence-corrected chi connectivity index (χ4v) is 2.74. The van der Waals surface area contributed by atoms with Gasteiger partial charge in [0, 0.05) is 24.9 Å². The summed E-state index contributed by atoms with van der Waals surface area (Å²) >= 11 is 0.974. The lowest BCUT2D eigenvalue weighted by Crippen LogP contribution is -2.38. The van der Waals surface area contributed by atoms with Gasteiger partial charge in [-0.1, -0.05) is 0 Å². The SMILES string of the molecule is CCNC(=NCC(O)c1ccco1)NCCc1nc(C(F)(F)F)cs1.I. The Morgan fingerprint density at radius 2 is 2.19 bits per heavy atom. The molecule has 1 atom stereocenters. The molecular formula is C15H20F3IN4O2S. The maximum atomic E-state index is 12.5. The highest BCUT2D eigenvalue weighted by Crippen LogP contribution is 2.29. The molecule has 0 amide bonds. The van der Waals surface area contributed by atoms with Crippen molar-refractivity contribution >= 4 is 41.3 Å². The van der Waals surface area contributed by atoms with E-state index in [4.69, 9.17) is 4.42 Å². The number of thiazole rings is 1. The minimum Gasteiger partial charge on any atom is -0.467 e. The van der Waals surface area contributed by atoms with Gasteiger partial charge < -0.3 is 20.2 Å². The van der Waals surface area contributed by atoms with Gasteiger partial charge in [-0.2, -0.15) is 13.2 Å².